The first-order chi connectivity index (χ1) is 8.70. The van der Waals surface area contributed by atoms with Gasteiger partial charge in [0.25, 0.3) is 0 Å². The fourth-order valence-corrected chi connectivity index (χ4v) is 2.30. The average Bonchev–Trinajstić information content (AvgIpc) is 2.39. The molecule has 0 bridgehead atoms. The standard InChI is InChI=1S/C13H20N4O/c1-17-7-5-10(6-8-17)13(16-18-2)11-3-4-12(14)15-9-11/h3-4,9-10H,5-8H2,1-2H3,(H2,14,15). The van der Waals surface area contributed by atoms with E-state index < -0.39 is 0 Å². The van der Waals surface area contributed by atoms with Crippen LogP contribution < -0.4 is 5.73 Å². The molecule has 5 nitrogen and oxygen atoms in total. The molecular weight excluding hydrogens is 228 g/mol. The van der Waals surface area contributed by atoms with Crippen molar-refractivity contribution in [2.24, 2.45) is 11.1 Å². The van der Waals surface area contributed by atoms with Crippen LogP contribution in [0.15, 0.2) is 23.5 Å². The first-order valence-corrected chi connectivity index (χ1v) is 6.22. The third kappa shape index (κ3) is 2.98. The summed E-state index contributed by atoms with van der Waals surface area (Å²) in [5.74, 6) is 0.963. The minimum atomic E-state index is 0.437. The number of piperidine rings is 1. The van der Waals surface area contributed by atoms with Crippen LogP contribution in [0.1, 0.15) is 18.4 Å². The van der Waals surface area contributed by atoms with E-state index in [0.29, 0.717) is 11.7 Å². The summed E-state index contributed by atoms with van der Waals surface area (Å²) in [6.45, 7) is 2.19. The van der Waals surface area contributed by atoms with Gasteiger partial charge in [-0.25, -0.2) is 4.98 Å². The van der Waals surface area contributed by atoms with Gasteiger partial charge in [0, 0.05) is 17.7 Å². The molecule has 1 aromatic heterocycles. The molecule has 0 amide bonds. The molecule has 1 aromatic rings. The second-order valence-electron chi connectivity index (χ2n) is 4.71. The van der Waals surface area contributed by atoms with Gasteiger partial charge in [0.15, 0.2) is 0 Å². The van der Waals surface area contributed by atoms with E-state index in [9.17, 15) is 0 Å². The summed E-state index contributed by atoms with van der Waals surface area (Å²) >= 11 is 0. The minimum Gasteiger partial charge on any atom is -0.399 e. The average molecular weight is 248 g/mol. The van der Waals surface area contributed by atoms with E-state index >= 15 is 0 Å². The maximum Gasteiger partial charge on any atom is 0.123 e. The van der Waals surface area contributed by atoms with Gasteiger partial charge in [-0.1, -0.05) is 5.16 Å². The van der Waals surface area contributed by atoms with Gasteiger partial charge in [-0.05, 0) is 45.1 Å². The summed E-state index contributed by atoms with van der Waals surface area (Å²) in [5, 5.41) is 4.19. The Morgan fingerprint density at radius 3 is 2.72 bits per heavy atom. The summed E-state index contributed by atoms with van der Waals surface area (Å²) < 4.78 is 0. The zero-order chi connectivity index (χ0) is 13.0. The number of anilines is 1. The summed E-state index contributed by atoms with van der Waals surface area (Å²) in [6.07, 6.45) is 3.97. The maximum absolute atomic E-state index is 5.61. The second-order valence-corrected chi connectivity index (χ2v) is 4.71. The highest BCUT2D eigenvalue weighted by molar-refractivity contribution is 6.01. The van der Waals surface area contributed by atoms with Crippen LogP contribution in [-0.4, -0.2) is 42.8 Å². The van der Waals surface area contributed by atoms with E-state index in [4.69, 9.17) is 10.6 Å². The quantitative estimate of drug-likeness (QED) is 0.648. The van der Waals surface area contributed by atoms with Gasteiger partial charge >= 0.3 is 0 Å². The molecule has 1 aliphatic rings. The largest absolute Gasteiger partial charge is 0.399 e. The van der Waals surface area contributed by atoms with Crippen molar-refractivity contribution in [3.63, 3.8) is 0 Å². The number of likely N-dealkylation sites (tertiary alicyclic amines) is 1. The van der Waals surface area contributed by atoms with Gasteiger partial charge < -0.3 is 15.5 Å². The Bertz CT molecular complexity index is 408. The van der Waals surface area contributed by atoms with Crippen LogP contribution in [0.5, 0.6) is 0 Å². The Kier molecular flexibility index (Phi) is 4.15. The third-order valence-electron chi connectivity index (χ3n) is 3.38. The summed E-state index contributed by atoms with van der Waals surface area (Å²) in [6, 6.07) is 3.76. The van der Waals surface area contributed by atoms with Crippen molar-refractivity contribution in [2.45, 2.75) is 12.8 Å². The number of aromatic nitrogens is 1. The fourth-order valence-electron chi connectivity index (χ4n) is 2.30. The third-order valence-corrected chi connectivity index (χ3v) is 3.38. The van der Waals surface area contributed by atoms with Gasteiger partial charge in [0.1, 0.15) is 12.9 Å². The van der Waals surface area contributed by atoms with Crippen LogP contribution >= 0.6 is 0 Å². The highest BCUT2D eigenvalue weighted by atomic mass is 16.6. The van der Waals surface area contributed by atoms with Crippen molar-refractivity contribution >= 4 is 11.5 Å². The summed E-state index contributed by atoms with van der Waals surface area (Å²) in [5.41, 5.74) is 7.59. The first-order valence-electron chi connectivity index (χ1n) is 6.22. The van der Waals surface area contributed by atoms with Crippen molar-refractivity contribution in [1.29, 1.82) is 0 Å². The number of pyridine rings is 1. The lowest BCUT2D eigenvalue weighted by Gasteiger charge is -2.29. The SMILES string of the molecule is CON=C(c1ccc(N)nc1)C1CCN(C)CC1. The lowest BCUT2D eigenvalue weighted by atomic mass is 9.89. The molecule has 18 heavy (non-hydrogen) atoms. The normalized spacial score (nSPS) is 18.9. The van der Waals surface area contributed by atoms with E-state index in [2.05, 4.69) is 22.1 Å². The Balaban J connectivity index is 2.18. The molecule has 0 saturated carbocycles. The van der Waals surface area contributed by atoms with Gasteiger partial charge in [-0.15, -0.1) is 0 Å². The van der Waals surface area contributed by atoms with Crippen molar-refractivity contribution < 1.29 is 4.84 Å². The summed E-state index contributed by atoms with van der Waals surface area (Å²) in [7, 11) is 3.73. The van der Waals surface area contributed by atoms with Crippen molar-refractivity contribution in [3.8, 4) is 0 Å². The van der Waals surface area contributed by atoms with E-state index in [1.54, 1.807) is 19.4 Å². The molecule has 5 heteroatoms. The zero-order valence-corrected chi connectivity index (χ0v) is 11.0. The maximum atomic E-state index is 5.61. The molecule has 98 valence electrons. The molecule has 0 aromatic carbocycles. The Morgan fingerprint density at radius 2 is 2.17 bits per heavy atom. The van der Waals surface area contributed by atoms with Gasteiger partial charge in [-0.2, -0.15) is 0 Å². The molecule has 2 N–H and O–H groups in total. The highest BCUT2D eigenvalue weighted by Gasteiger charge is 2.23. The number of oxime groups is 1. The molecular formula is C13H20N4O. The monoisotopic (exact) mass is 248 g/mol. The van der Waals surface area contributed by atoms with E-state index in [1.807, 2.05) is 6.07 Å². The Morgan fingerprint density at radius 1 is 1.44 bits per heavy atom. The van der Waals surface area contributed by atoms with Crippen LogP contribution in [0.25, 0.3) is 0 Å². The van der Waals surface area contributed by atoms with E-state index in [-0.39, 0.29) is 0 Å². The van der Waals surface area contributed by atoms with E-state index in [0.717, 1.165) is 37.2 Å². The number of rotatable bonds is 3. The molecule has 0 aliphatic carbocycles. The molecule has 1 fully saturated rings. The Hall–Kier alpha value is -1.62. The second kappa shape index (κ2) is 5.82. The predicted octanol–water partition coefficient (Wildman–Crippen LogP) is 1.36. The van der Waals surface area contributed by atoms with Crippen molar-refractivity contribution in [3.05, 3.63) is 23.9 Å². The minimum absolute atomic E-state index is 0.437. The van der Waals surface area contributed by atoms with Gasteiger partial charge in [0.2, 0.25) is 0 Å². The Labute approximate surface area is 108 Å². The number of nitrogens with zero attached hydrogens (tertiary/aromatic N) is 3. The number of nitrogens with two attached hydrogens (primary N) is 1. The van der Waals surface area contributed by atoms with E-state index in [1.165, 1.54) is 0 Å². The molecule has 0 radical (unpaired) electrons. The number of hydrogen-bond acceptors (Lipinski definition) is 5. The first kappa shape index (κ1) is 12.8. The molecule has 1 aliphatic heterocycles. The molecule has 0 atom stereocenters. The molecule has 2 rings (SSSR count). The molecule has 0 unspecified atom stereocenters. The lowest BCUT2D eigenvalue weighted by Crippen LogP contribution is -2.34. The van der Waals surface area contributed by atoms with Crippen LogP contribution in [0.3, 0.4) is 0 Å². The zero-order valence-electron chi connectivity index (χ0n) is 11.0. The molecule has 0 spiro atoms. The van der Waals surface area contributed by atoms with Gasteiger partial charge in [0.05, 0.1) is 5.71 Å². The fraction of sp³-hybridized carbons (Fsp3) is 0.538. The lowest BCUT2D eigenvalue weighted by molar-refractivity contribution is 0.204. The molecule has 1 saturated heterocycles. The van der Waals surface area contributed by atoms with Crippen LogP contribution in [0, 0.1) is 5.92 Å². The van der Waals surface area contributed by atoms with Crippen LogP contribution in [-0.2, 0) is 4.84 Å². The summed E-state index contributed by atoms with van der Waals surface area (Å²) in [4.78, 5) is 11.4. The number of hydrogen-bond donors (Lipinski definition) is 1. The molecule has 2 heterocycles. The van der Waals surface area contributed by atoms with Gasteiger partial charge in [-0.3, -0.25) is 0 Å². The highest BCUT2D eigenvalue weighted by Crippen LogP contribution is 2.22. The predicted molar refractivity (Wildman–Crippen MR) is 72.4 cm³/mol. The van der Waals surface area contributed by atoms with Crippen LogP contribution in [0.4, 0.5) is 5.82 Å². The van der Waals surface area contributed by atoms with Crippen molar-refractivity contribution in [1.82, 2.24) is 9.88 Å². The number of nitrogen functional groups attached to an aromatic ring is 1. The smallest absolute Gasteiger partial charge is 0.123 e. The topological polar surface area (TPSA) is 63.7 Å². The van der Waals surface area contributed by atoms with Crippen LogP contribution in [0.2, 0.25) is 0 Å². The van der Waals surface area contributed by atoms with Crippen molar-refractivity contribution in [2.75, 3.05) is 33.0 Å².